The van der Waals surface area contributed by atoms with E-state index in [0.29, 0.717) is 24.4 Å². The van der Waals surface area contributed by atoms with Gasteiger partial charge in [-0.05, 0) is 31.7 Å². The molecule has 3 nitrogen and oxygen atoms in total. The Morgan fingerprint density at radius 1 is 1.40 bits per heavy atom. The molecule has 2 unspecified atom stereocenters. The molecule has 1 heterocycles. The first kappa shape index (κ1) is 13.8. The molecule has 1 saturated carbocycles. The molecule has 20 heavy (non-hydrogen) atoms. The Kier molecular flexibility index (Phi) is 3.94. The Morgan fingerprint density at radius 3 is 2.90 bits per heavy atom. The zero-order valence-corrected chi connectivity index (χ0v) is 12.2. The smallest absolute Gasteiger partial charge is 0.169 e. The summed E-state index contributed by atoms with van der Waals surface area (Å²) in [5, 5.41) is 3.62. The highest BCUT2D eigenvalue weighted by Gasteiger charge is 2.36. The minimum Gasteiger partial charge on any atom is -0.494 e. The minimum absolute atomic E-state index is 0.219. The monoisotopic (exact) mass is 278 g/mol. The van der Waals surface area contributed by atoms with E-state index in [2.05, 4.69) is 17.1 Å². The molecule has 1 aromatic rings. The molecule has 0 aromatic heterocycles. The van der Waals surface area contributed by atoms with Gasteiger partial charge in [0, 0.05) is 37.3 Å². The van der Waals surface area contributed by atoms with Gasteiger partial charge < -0.3 is 10.1 Å². The second-order valence-electron chi connectivity index (χ2n) is 6.06. The number of rotatable bonds is 4. The van der Waals surface area contributed by atoms with Crippen LogP contribution in [-0.4, -0.2) is 37.2 Å². The van der Waals surface area contributed by atoms with E-state index in [1.807, 2.05) is 12.1 Å². The molecule has 0 amide bonds. The van der Waals surface area contributed by atoms with Crippen LogP contribution >= 0.6 is 0 Å². The predicted molar refractivity (Wildman–Crippen MR) is 77.3 cm³/mol. The fraction of sp³-hybridized carbons (Fsp3) is 0.625. The normalized spacial score (nSPS) is 27.6. The second kappa shape index (κ2) is 5.70. The third-order valence-electron chi connectivity index (χ3n) is 4.56. The first-order valence-corrected chi connectivity index (χ1v) is 7.48. The van der Waals surface area contributed by atoms with Crippen molar-refractivity contribution in [3.63, 3.8) is 0 Å². The van der Waals surface area contributed by atoms with E-state index >= 15 is 0 Å². The van der Waals surface area contributed by atoms with Crippen LogP contribution < -0.4 is 10.1 Å². The quantitative estimate of drug-likeness (QED) is 0.915. The number of methoxy groups -OCH3 is 1. The van der Waals surface area contributed by atoms with E-state index in [0.717, 1.165) is 24.6 Å². The summed E-state index contributed by atoms with van der Waals surface area (Å²) < 4.78 is 19.3. The lowest BCUT2D eigenvalue weighted by Crippen LogP contribution is -2.55. The standard InChI is InChI=1S/C16H23FN2O/c1-11-8-18-14(12-6-7-12)10-19(11)9-13-4-3-5-15(20-2)16(13)17/h3-5,11-12,14,18H,6-10H2,1-2H3. The Bertz CT molecular complexity index is 476. The highest BCUT2D eigenvalue weighted by Crippen LogP contribution is 2.34. The largest absolute Gasteiger partial charge is 0.494 e. The van der Waals surface area contributed by atoms with Crippen LogP contribution in [0, 0.1) is 11.7 Å². The summed E-state index contributed by atoms with van der Waals surface area (Å²) in [5.41, 5.74) is 0.729. The number of nitrogens with one attached hydrogen (secondary N) is 1. The van der Waals surface area contributed by atoms with Crippen LogP contribution in [0.4, 0.5) is 4.39 Å². The van der Waals surface area contributed by atoms with Gasteiger partial charge in [0.2, 0.25) is 0 Å². The van der Waals surface area contributed by atoms with Gasteiger partial charge in [-0.3, -0.25) is 4.90 Å². The van der Waals surface area contributed by atoms with Crippen molar-refractivity contribution < 1.29 is 9.13 Å². The molecule has 2 aliphatic rings. The summed E-state index contributed by atoms with van der Waals surface area (Å²) >= 11 is 0. The van der Waals surface area contributed by atoms with Crippen molar-refractivity contribution in [2.45, 2.75) is 38.4 Å². The van der Waals surface area contributed by atoms with Crippen molar-refractivity contribution in [3.05, 3.63) is 29.6 Å². The van der Waals surface area contributed by atoms with Crippen LogP contribution in [0.2, 0.25) is 0 Å². The van der Waals surface area contributed by atoms with Crippen LogP contribution in [-0.2, 0) is 6.54 Å². The Hall–Kier alpha value is -1.13. The van der Waals surface area contributed by atoms with Crippen molar-refractivity contribution in [2.75, 3.05) is 20.2 Å². The van der Waals surface area contributed by atoms with Crippen LogP contribution in [0.1, 0.15) is 25.3 Å². The lowest BCUT2D eigenvalue weighted by molar-refractivity contribution is 0.123. The Balaban J connectivity index is 1.72. The highest BCUT2D eigenvalue weighted by atomic mass is 19.1. The number of halogens is 1. The van der Waals surface area contributed by atoms with Crippen molar-refractivity contribution >= 4 is 0 Å². The Morgan fingerprint density at radius 2 is 2.20 bits per heavy atom. The van der Waals surface area contributed by atoms with E-state index in [9.17, 15) is 4.39 Å². The topological polar surface area (TPSA) is 24.5 Å². The second-order valence-corrected chi connectivity index (χ2v) is 6.06. The summed E-state index contributed by atoms with van der Waals surface area (Å²) in [6.45, 7) is 4.87. The van der Waals surface area contributed by atoms with Gasteiger partial charge in [0.05, 0.1) is 7.11 Å². The molecule has 0 spiro atoms. The highest BCUT2D eigenvalue weighted by molar-refractivity contribution is 5.31. The van der Waals surface area contributed by atoms with Gasteiger partial charge in [-0.25, -0.2) is 4.39 Å². The molecule has 3 rings (SSSR count). The van der Waals surface area contributed by atoms with Crippen LogP contribution in [0.25, 0.3) is 0 Å². The van der Waals surface area contributed by atoms with Crippen molar-refractivity contribution in [1.82, 2.24) is 10.2 Å². The maximum atomic E-state index is 14.3. The number of piperazine rings is 1. The molecular formula is C16H23FN2O. The van der Waals surface area contributed by atoms with Crippen molar-refractivity contribution in [3.8, 4) is 5.75 Å². The lowest BCUT2D eigenvalue weighted by atomic mass is 10.0. The molecule has 2 fully saturated rings. The third kappa shape index (κ3) is 2.81. The maximum absolute atomic E-state index is 14.3. The van der Waals surface area contributed by atoms with Crippen LogP contribution in [0.3, 0.4) is 0 Å². The van der Waals surface area contributed by atoms with Gasteiger partial charge in [0.1, 0.15) is 0 Å². The number of nitrogens with zero attached hydrogens (tertiary/aromatic N) is 1. The zero-order valence-electron chi connectivity index (χ0n) is 12.2. The zero-order chi connectivity index (χ0) is 14.1. The van der Waals surface area contributed by atoms with E-state index in [1.54, 1.807) is 6.07 Å². The molecule has 2 atom stereocenters. The van der Waals surface area contributed by atoms with Gasteiger partial charge in [0.25, 0.3) is 0 Å². The average Bonchev–Trinajstić information content (AvgIpc) is 3.28. The minimum atomic E-state index is -0.219. The number of hydrogen-bond donors (Lipinski definition) is 1. The number of ether oxygens (including phenoxy) is 1. The maximum Gasteiger partial charge on any atom is 0.169 e. The molecule has 1 N–H and O–H groups in total. The van der Waals surface area contributed by atoms with Gasteiger partial charge in [-0.1, -0.05) is 12.1 Å². The molecule has 4 heteroatoms. The van der Waals surface area contributed by atoms with E-state index in [4.69, 9.17) is 4.74 Å². The molecule has 0 bridgehead atoms. The fourth-order valence-electron chi connectivity index (χ4n) is 3.04. The first-order chi connectivity index (χ1) is 9.69. The van der Waals surface area contributed by atoms with Gasteiger partial charge in [-0.2, -0.15) is 0 Å². The SMILES string of the molecule is COc1cccc(CN2CC(C3CC3)NCC2C)c1F. The van der Waals surface area contributed by atoms with E-state index in [1.165, 1.54) is 20.0 Å². The Labute approximate surface area is 120 Å². The predicted octanol–water partition coefficient (Wildman–Crippen LogP) is 2.41. The summed E-state index contributed by atoms with van der Waals surface area (Å²) in [7, 11) is 1.51. The average molecular weight is 278 g/mol. The molecule has 0 radical (unpaired) electrons. The van der Waals surface area contributed by atoms with Gasteiger partial charge in [-0.15, -0.1) is 0 Å². The molecule has 1 saturated heterocycles. The summed E-state index contributed by atoms with van der Waals surface area (Å²) in [5.74, 6) is 0.952. The van der Waals surface area contributed by atoms with Crippen molar-refractivity contribution in [2.24, 2.45) is 5.92 Å². The number of benzene rings is 1. The third-order valence-corrected chi connectivity index (χ3v) is 4.56. The van der Waals surface area contributed by atoms with Gasteiger partial charge >= 0.3 is 0 Å². The summed E-state index contributed by atoms with van der Waals surface area (Å²) in [4.78, 5) is 2.39. The summed E-state index contributed by atoms with van der Waals surface area (Å²) in [6, 6.07) is 6.42. The first-order valence-electron chi connectivity index (χ1n) is 7.48. The van der Waals surface area contributed by atoms with E-state index < -0.39 is 0 Å². The van der Waals surface area contributed by atoms with Crippen molar-refractivity contribution in [1.29, 1.82) is 0 Å². The number of hydrogen-bond acceptors (Lipinski definition) is 3. The van der Waals surface area contributed by atoms with Gasteiger partial charge in [0.15, 0.2) is 11.6 Å². The lowest BCUT2D eigenvalue weighted by Gasteiger charge is -2.39. The fourth-order valence-corrected chi connectivity index (χ4v) is 3.04. The molecular weight excluding hydrogens is 255 g/mol. The molecule has 1 aliphatic carbocycles. The summed E-state index contributed by atoms with van der Waals surface area (Å²) in [6.07, 6.45) is 2.68. The molecule has 110 valence electrons. The molecule has 1 aliphatic heterocycles. The molecule has 1 aromatic carbocycles. The van der Waals surface area contributed by atoms with Crippen LogP contribution in [0.15, 0.2) is 18.2 Å². The van der Waals surface area contributed by atoms with E-state index in [-0.39, 0.29) is 5.82 Å². The van der Waals surface area contributed by atoms with Crippen LogP contribution in [0.5, 0.6) is 5.75 Å².